The SMILES string of the molecule is CC1CCC(NCCc2ccsc2)C(C)C1. The molecule has 0 amide bonds. The van der Waals surface area contributed by atoms with E-state index < -0.39 is 0 Å². The predicted molar refractivity (Wildman–Crippen MR) is 72.0 cm³/mol. The van der Waals surface area contributed by atoms with Gasteiger partial charge in [-0.05, 0) is 66.5 Å². The third kappa shape index (κ3) is 3.33. The molecule has 1 aromatic heterocycles. The first-order chi connectivity index (χ1) is 7.75. The van der Waals surface area contributed by atoms with Crippen molar-refractivity contribution in [1.82, 2.24) is 5.32 Å². The second-order valence-corrected chi connectivity index (χ2v) is 6.12. The van der Waals surface area contributed by atoms with Crippen LogP contribution >= 0.6 is 11.3 Å². The second-order valence-electron chi connectivity index (χ2n) is 5.34. The van der Waals surface area contributed by atoms with Gasteiger partial charge in [0.1, 0.15) is 0 Å². The molecule has 1 aromatic rings. The molecule has 1 aliphatic carbocycles. The van der Waals surface area contributed by atoms with Crippen LogP contribution in [0.2, 0.25) is 0 Å². The standard InChI is InChI=1S/C14H23NS/c1-11-3-4-14(12(2)9-11)15-7-5-13-6-8-16-10-13/h6,8,10-12,14-15H,3-5,7,9H2,1-2H3. The van der Waals surface area contributed by atoms with Crippen molar-refractivity contribution < 1.29 is 0 Å². The molecule has 2 heteroatoms. The molecule has 0 radical (unpaired) electrons. The second kappa shape index (κ2) is 5.83. The van der Waals surface area contributed by atoms with Crippen LogP contribution in [0.5, 0.6) is 0 Å². The number of hydrogen-bond donors (Lipinski definition) is 1. The number of thiophene rings is 1. The zero-order chi connectivity index (χ0) is 11.4. The molecular formula is C14H23NS. The Balaban J connectivity index is 1.69. The zero-order valence-electron chi connectivity index (χ0n) is 10.4. The lowest BCUT2D eigenvalue weighted by Gasteiger charge is -2.33. The van der Waals surface area contributed by atoms with E-state index in [1.54, 1.807) is 11.3 Å². The van der Waals surface area contributed by atoms with Crippen molar-refractivity contribution in [2.45, 2.75) is 45.6 Å². The molecule has 3 atom stereocenters. The van der Waals surface area contributed by atoms with Gasteiger partial charge in [-0.15, -0.1) is 0 Å². The summed E-state index contributed by atoms with van der Waals surface area (Å²) < 4.78 is 0. The summed E-state index contributed by atoms with van der Waals surface area (Å²) >= 11 is 1.80. The summed E-state index contributed by atoms with van der Waals surface area (Å²) in [6, 6.07) is 2.99. The summed E-state index contributed by atoms with van der Waals surface area (Å²) in [6.45, 7) is 5.93. The third-order valence-corrected chi connectivity index (χ3v) is 4.56. The van der Waals surface area contributed by atoms with Crippen LogP contribution in [-0.4, -0.2) is 12.6 Å². The minimum Gasteiger partial charge on any atom is -0.313 e. The Bertz CT molecular complexity index is 294. The topological polar surface area (TPSA) is 12.0 Å². The minimum absolute atomic E-state index is 0.759. The highest BCUT2D eigenvalue weighted by Crippen LogP contribution is 2.28. The van der Waals surface area contributed by atoms with Crippen molar-refractivity contribution in [2.24, 2.45) is 11.8 Å². The first kappa shape index (κ1) is 12.1. The lowest BCUT2D eigenvalue weighted by molar-refractivity contribution is 0.229. The van der Waals surface area contributed by atoms with Crippen LogP contribution in [-0.2, 0) is 6.42 Å². The maximum atomic E-state index is 3.73. The summed E-state index contributed by atoms with van der Waals surface area (Å²) in [7, 11) is 0. The summed E-state index contributed by atoms with van der Waals surface area (Å²) in [5.74, 6) is 1.79. The quantitative estimate of drug-likeness (QED) is 0.842. The molecule has 0 saturated heterocycles. The number of rotatable bonds is 4. The van der Waals surface area contributed by atoms with E-state index in [1.165, 1.54) is 31.2 Å². The molecule has 1 saturated carbocycles. The summed E-state index contributed by atoms with van der Waals surface area (Å²) in [5.41, 5.74) is 1.48. The van der Waals surface area contributed by atoms with Gasteiger partial charge in [-0.3, -0.25) is 0 Å². The van der Waals surface area contributed by atoms with Gasteiger partial charge in [-0.25, -0.2) is 0 Å². The molecule has 1 aliphatic rings. The molecule has 1 heterocycles. The van der Waals surface area contributed by atoms with Crippen molar-refractivity contribution >= 4 is 11.3 Å². The number of nitrogens with one attached hydrogen (secondary N) is 1. The van der Waals surface area contributed by atoms with E-state index in [4.69, 9.17) is 0 Å². The smallest absolute Gasteiger partial charge is 0.00930 e. The molecular weight excluding hydrogens is 214 g/mol. The van der Waals surface area contributed by atoms with Crippen molar-refractivity contribution in [2.75, 3.05) is 6.54 Å². The molecule has 2 rings (SSSR count). The average molecular weight is 237 g/mol. The van der Waals surface area contributed by atoms with Crippen LogP contribution in [0.25, 0.3) is 0 Å². The van der Waals surface area contributed by atoms with Gasteiger partial charge >= 0.3 is 0 Å². The maximum Gasteiger partial charge on any atom is 0.00930 e. The van der Waals surface area contributed by atoms with E-state index in [1.807, 2.05) is 0 Å². The Morgan fingerprint density at radius 3 is 2.94 bits per heavy atom. The van der Waals surface area contributed by atoms with Crippen molar-refractivity contribution in [3.8, 4) is 0 Å². The highest BCUT2D eigenvalue weighted by atomic mass is 32.1. The van der Waals surface area contributed by atoms with E-state index in [9.17, 15) is 0 Å². The van der Waals surface area contributed by atoms with Gasteiger partial charge in [0.2, 0.25) is 0 Å². The monoisotopic (exact) mass is 237 g/mol. The molecule has 1 fully saturated rings. The maximum absolute atomic E-state index is 3.73. The summed E-state index contributed by atoms with van der Waals surface area (Å²) in [5, 5.41) is 8.16. The lowest BCUT2D eigenvalue weighted by Crippen LogP contribution is -2.39. The summed E-state index contributed by atoms with van der Waals surface area (Å²) in [4.78, 5) is 0. The highest BCUT2D eigenvalue weighted by Gasteiger charge is 2.24. The first-order valence-electron chi connectivity index (χ1n) is 6.50. The largest absolute Gasteiger partial charge is 0.313 e. The molecule has 1 nitrogen and oxygen atoms in total. The Kier molecular flexibility index (Phi) is 4.42. The van der Waals surface area contributed by atoms with E-state index in [0.29, 0.717) is 0 Å². The fourth-order valence-corrected chi connectivity index (χ4v) is 3.51. The predicted octanol–water partition coefficient (Wildman–Crippen LogP) is 3.70. The molecule has 0 bridgehead atoms. The lowest BCUT2D eigenvalue weighted by atomic mass is 9.80. The molecule has 90 valence electrons. The fraction of sp³-hybridized carbons (Fsp3) is 0.714. The van der Waals surface area contributed by atoms with E-state index in [-0.39, 0.29) is 0 Å². The van der Waals surface area contributed by atoms with Crippen LogP contribution in [0.4, 0.5) is 0 Å². The zero-order valence-corrected chi connectivity index (χ0v) is 11.2. The Morgan fingerprint density at radius 2 is 2.25 bits per heavy atom. The normalized spacial score (nSPS) is 30.5. The van der Waals surface area contributed by atoms with Gasteiger partial charge in [-0.2, -0.15) is 11.3 Å². The molecule has 1 N–H and O–H groups in total. The Morgan fingerprint density at radius 1 is 1.38 bits per heavy atom. The first-order valence-corrected chi connectivity index (χ1v) is 7.44. The Hall–Kier alpha value is -0.340. The van der Waals surface area contributed by atoms with Gasteiger partial charge in [0, 0.05) is 6.04 Å². The van der Waals surface area contributed by atoms with Gasteiger partial charge in [0.15, 0.2) is 0 Å². The van der Waals surface area contributed by atoms with Crippen molar-refractivity contribution in [1.29, 1.82) is 0 Å². The van der Waals surface area contributed by atoms with Gasteiger partial charge < -0.3 is 5.32 Å². The van der Waals surface area contributed by atoms with Crippen LogP contribution in [0.1, 0.15) is 38.7 Å². The van der Waals surface area contributed by atoms with Crippen LogP contribution < -0.4 is 5.32 Å². The third-order valence-electron chi connectivity index (χ3n) is 3.83. The average Bonchev–Trinajstić information content (AvgIpc) is 2.74. The molecule has 0 aromatic carbocycles. The molecule has 0 aliphatic heterocycles. The minimum atomic E-state index is 0.759. The van der Waals surface area contributed by atoms with Gasteiger partial charge in [-0.1, -0.05) is 13.8 Å². The van der Waals surface area contributed by atoms with E-state index in [2.05, 4.69) is 36.0 Å². The van der Waals surface area contributed by atoms with Crippen LogP contribution in [0, 0.1) is 11.8 Å². The number of hydrogen-bond acceptors (Lipinski definition) is 2. The highest BCUT2D eigenvalue weighted by molar-refractivity contribution is 7.07. The van der Waals surface area contributed by atoms with E-state index in [0.717, 1.165) is 24.4 Å². The van der Waals surface area contributed by atoms with E-state index >= 15 is 0 Å². The molecule has 16 heavy (non-hydrogen) atoms. The van der Waals surface area contributed by atoms with Crippen molar-refractivity contribution in [3.05, 3.63) is 22.4 Å². The molecule has 0 spiro atoms. The van der Waals surface area contributed by atoms with Gasteiger partial charge in [0.05, 0.1) is 0 Å². The molecule has 3 unspecified atom stereocenters. The van der Waals surface area contributed by atoms with Crippen molar-refractivity contribution in [3.63, 3.8) is 0 Å². The van der Waals surface area contributed by atoms with Crippen LogP contribution in [0.3, 0.4) is 0 Å². The fourth-order valence-electron chi connectivity index (χ4n) is 2.81. The Labute approximate surface area is 103 Å². The van der Waals surface area contributed by atoms with Gasteiger partial charge in [0.25, 0.3) is 0 Å². The van der Waals surface area contributed by atoms with Crippen LogP contribution in [0.15, 0.2) is 16.8 Å². The summed E-state index contributed by atoms with van der Waals surface area (Å²) in [6.07, 6.45) is 5.35.